The highest BCUT2D eigenvalue weighted by Crippen LogP contribution is 2.32. The number of rotatable bonds is 4. The summed E-state index contributed by atoms with van der Waals surface area (Å²) < 4.78 is 18.7. The van der Waals surface area contributed by atoms with Crippen LogP contribution in [0.2, 0.25) is 0 Å². The molecule has 0 aliphatic heterocycles. The number of hydrogen-bond acceptors (Lipinski definition) is 3. The van der Waals surface area contributed by atoms with E-state index in [9.17, 15) is 4.39 Å². The molecule has 1 atom stereocenters. The lowest BCUT2D eigenvalue weighted by Crippen LogP contribution is -2.35. The van der Waals surface area contributed by atoms with Gasteiger partial charge in [0, 0.05) is 17.7 Å². The maximum atomic E-state index is 13.6. The minimum absolute atomic E-state index is 0.0928. The van der Waals surface area contributed by atoms with E-state index in [1.165, 1.54) is 13.2 Å². The van der Waals surface area contributed by atoms with Crippen molar-refractivity contribution in [3.05, 3.63) is 29.6 Å². The largest absolute Gasteiger partial charge is 0.496 e. The molecule has 0 spiro atoms. The molecular formula is C11H16FNO2. The Morgan fingerprint density at radius 2 is 2.20 bits per heavy atom. The Labute approximate surface area is 88.7 Å². The van der Waals surface area contributed by atoms with Crippen molar-refractivity contribution in [1.29, 1.82) is 0 Å². The van der Waals surface area contributed by atoms with Crippen LogP contribution in [0.15, 0.2) is 18.2 Å². The molecule has 0 radical (unpaired) electrons. The second-order valence-corrected chi connectivity index (χ2v) is 3.71. The van der Waals surface area contributed by atoms with Crippen LogP contribution in [-0.4, -0.2) is 18.8 Å². The molecular weight excluding hydrogens is 197 g/mol. The molecule has 1 unspecified atom stereocenters. The van der Waals surface area contributed by atoms with Gasteiger partial charge in [-0.2, -0.15) is 0 Å². The normalized spacial score (nSPS) is 14.7. The Morgan fingerprint density at radius 3 is 2.73 bits per heavy atom. The molecule has 3 nitrogen and oxygen atoms in total. The fourth-order valence-corrected chi connectivity index (χ4v) is 1.59. The number of methoxy groups -OCH3 is 1. The van der Waals surface area contributed by atoms with Crippen molar-refractivity contribution in [2.24, 2.45) is 5.73 Å². The lowest BCUT2D eigenvalue weighted by atomic mass is 9.89. The number of aliphatic hydroxyl groups is 1. The molecule has 1 rings (SSSR count). The van der Waals surface area contributed by atoms with E-state index < -0.39 is 11.4 Å². The first-order valence-electron chi connectivity index (χ1n) is 4.75. The second kappa shape index (κ2) is 4.59. The molecule has 0 saturated carbocycles. The fourth-order valence-electron chi connectivity index (χ4n) is 1.59. The summed E-state index contributed by atoms with van der Waals surface area (Å²) in [6.07, 6.45) is 0.282. The number of benzene rings is 1. The highest BCUT2D eigenvalue weighted by atomic mass is 19.1. The summed E-state index contributed by atoms with van der Waals surface area (Å²) in [6.45, 7) is 1.58. The van der Waals surface area contributed by atoms with Crippen LogP contribution in [0.1, 0.15) is 18.9 Å². The van der Waals surface area contributed by atoms with Crippen molar-refractivity contribution >= 4 is 0 Å². The third-order valence-electron chi connectivity index (χ3n) is 2.40. The van der Waals surface area contributed by atoms with Gasteiger partial charge in [-0.05, 0) is 25.5 Å². The summed E-state index contributed by atoms with van der Waals surface area (Å²) in [5.41, 5.74) is 5.33. The second-order valence-electron chi connectivity index (χ2n) is 3.71. The molecule has 15 heavy (non-hydrogen) atoms. The summed E-state index contributed by atoms with van der Waals surface area (Å²) in [5, 5.41) is 8.87. The minimum atomic E-state index is -0.925. The molecule has 4 heteroatoms. The minimum Gasteiger partial charge on any atom is -0.496 e. The van der Waals surface area contributed by atoms with E-state index in [2.05, 4.69) is 0 Å². The Hall–Kier alpha value is -1.13. The van der Waals surface area contributed by atoms with Crippen molar-refractivity contribution < 1.29 is 14.2 Å². The van der Waals surface area contributed by atoms with Crippen LogP contribution < -0.4 is 10.5 Å². The zero-order valence-electron chi connectivity index (χ0n) is 8.96. The first-order chi connectivity index (χ1) is 7.03. The SMILES string of the molecule is COc1cccc(F)c1C(C)(N)CCO. The van der Waals surface area contributed by atoms with Crippen LogP contribution in [0.4, 0.5) is 4.39 Å². The molecule has 84 valence electrons. The average Bonchev–Trinajstić information content (AvgIpc) is 2.16. The van der Waals surface area contributed by atoms with Gasteiger partial charge in [0.15, 0.2) is 0 Å². The van der Waals surface area contributed by atoms with Crippen molar-refractivity contribution in [3.63, 3.8) is 0 Å². The Balaban J connectivity index is 3.21. The van der Waals surface area contributed by atoms with Gasteiger partial charge < -0.3 is 15.6 Å². The maximum absolute atomic E-state index is 13.6. The molecule has 0 aliphatic rings. The smallest absolute Gasteiger partial charge is 0.131 e. The molecule has 0 aliphatic carbocycles. The summed E-state index contributed by atoms with van der Waals surface area (Å²) in [6, 6.07) is 4.55. The van der Waals surface area contributed by atoms with Gasteiger partial charge >= 0.3 is 0 Å². The third kappa shape index (κ3) is 2.46. The quantitative estimate of drug-likeness (QED) is 0.794. The molecule has 1 aromatic carbocycles. The number of aliphatic hydroxyl groups excluding tert-OH is 1. The average molecular weight is 213 g/mol. The van der Waals surface area contributed by atoms with E-state index in [0.717, 1.165) is 0 Å². The zero-order valence-corrected chi connectivity index (χ0v) is 8.96. The van der Waals surface area contributed by atoms with Crippen LogP contribution in [0.5, 0.6) is 5.75 Å². The molecule has 0 saturated heterocycles. The topological polar surface area (TPSA) is 55.5 Å². The highest BCUT2D eigenvalue weighted by Gasteiger charge is 2.27. The van der Waals surface area contributed by atoms with E-state index in [1.807, 2.05) is 0 Å². The predicted octanol–water partition coefficient (Wildman–Crippen LogP) is 1.39. The first kappa shape index (κ1) is 11.9. The third-order valence-corrected chi connectivity index (χ3v) is 2.40. The number of halogens is 1. The van der Waals surface area contributed by atoms with Crippen molar-refractivity contribution in [3.8, 4) is 5.75 Å². The van der Waals surface area contributed by atoms with E-state index >= 15 is 0 Å². The van der Waals surface area contributed by atoms with E-state index in [4.69, 9.17) is 15.6 Å². The Morgan fingerprint density at radius 1 is 1.53 bits per heavy atom. The van der Waals surface area contributed by atoms with Gasteiger partial charge in [0.2, 0.25) is 0 Å². The summed E-state index contributed by atoms with van der Waals surface area (Å²) in [7, 11) is 1.47. The van der Waals surface area contributed by atoms with Gasteiger partial charge in [-0.3, -0.25) is 0 Å². The maximum Gasteiger partial charge on any atom is 0.131 e. The van der Waals surface area contributed by atoms with E-state index in [0.29, 0.717) is 11.3 Å². The van der Waals surface area contributed by atoms with Crippen LogP contribution in [0.3, 0.4) is 0 Å². The van der Waals surface area contributed by atoms with Gasteiger partial charge in [0.1, 0.15) is 11.6 Å². The molecule has 0 amide bonds. The summed E-state index contributed by atoms with van der Waals surface area (Å²) in [4.78, 5) is 0. The van der Waals surface area contributed by atoms with Crippen LogP contribution in [-0.2, 0) is 5.54 Å². The lowest BCUT2D eigenvalue weighted by Gasteiger charge is -2.26. The van der Waals surface area contributed by atoms with Crippen molar-refractivity contribution in [1.82, 2.24) is 0 Å². The molecule has 0 bridgehead atoms. The zero-order chi connectivity index (χ0) is 11.5. The van der Waals surface area contributed by atoms with Gasteiger partial charge in [-0.25, -0.2) is 4.39 Å². The predicted molar refractivity (Wildman–Crippen MR) is 56.2 cm³/mol. The van der Waals surface area contributed by atoms with Crippen LogP contribution >= 0.6 is 0 Å². The van der Waals surface area contributed by atoms with Crippen molar-refractivity contribution in [2.45, 2.75) is 18.9 Å². The van der Waals surface area contributed by atoms with Crippen LogP contribution in [0, 0.1) is 5.82 Å². The van der Waals surface area contributed by atoms with Gasteiger partial charge in [0.05, 0.1) is 7.11 Å². The molecule has 3 N–H and O–H groups in total. The molecule has 1 aromatic rings. The molecule has 0 heterocycles. The molecule has 0 fully saturated rings. The van der Waals surface area contributed by atoms with E-state index in [1.54, 1.807) is 19.1 Å². The van der Waals surface area contributed by atoms with Crippen molar-refractivity contribution in [2.75, 3.05) is 13.7 Å². The number of ether oxygens (including phenoxy) is 1. The van der Waals surface area contributed by atoms with Gasteiger partial charge in [-0.15, -0.1) is 0 Å². The van der Waals surface area contributed by atoms with Crippen LogP contribution in [0.25, 0.3) is 0 Å². The number of nitrogens with two attached hydrogens (primary N) is 1. The van der Waals surface area contributed by atoms with E-state index in [-0.39, 0.29) is 13.0 Å². The van der Waals surface area contributed by atoms with Gasteiger partial charge in [0.25, 0.3) is 0 Å². The first-order valence-corrected chi connectivity index (χ1v) is 4.75. The fraction of sp³-hybridized carbons (Fsp3) is 0.455. The summed E-state index contributed by atoms with van der Waals surface area (Å²) >= 11 is 0. The number of hydrogen-bond donors (Lipinski definition) is 2. The monoisotopic (exact) mass is 213 g/mol. The Bertz CT molecular complexity index is 339. The Kier molecular flexibility index (Phi) is 3.66. The lowest BCUT2D eigenvalue weighted by molar-refractivity contribution is 0.241. The standard InChI is InChI=1S/C11H16FNO2/c1-11(13,6-7-14)10-8(12)4-3-5-9(10)15-2/h3-5,14H,6-7,13H2,1-2H3. The highest BCUT2D eigenvalue weighted by molar-refractivity contribution is 5.39. The van der Waals surface area contributed by atoms with Gasteiger partial charge in [-0.1, -0.05) is 6.07 Å². The molecule has 0 aromatic heterocycles. The summed E-state index contributed by atoms with van der Waals surface area (Å²) in [5.74, 6) is 0.00116.